The van der Waals surface area contributed by atoms with Crippen LogP contribution in [0, 0.1) is 0 Å². The van der Waals surface area contributed by atoms with Gasteiger partial charge in [-0.25, -0.2) is 4.79 Å². The van der Waals surface area contributed by atoms with Gasteiger partial charge in [-0.2, -0.15) is 0 Å². The molecule has 0 fully saturated rings. The molecule has 1 aromatic carbocycles. The lowest BCUT2D eigenvalue weighted by Crippen LogP contribution is -2.07. The summed E-state index contributed by atoms with van der Waals surface area (Å²) in [5.74, 6) is -0.279. The first kappa shape index (κ1) is 10.6. The lowest BCUT2D eigenvalue weighted by Gasteiger charge is -2.11. The minimum Gasteiger partial charge on any atom is -0.465 e. The summed E-state index contributed by atoms with van der Waals surface area (Å²) in [5, 5.41) is 3.06. The predicted octanol–water partition coefficient (Wildman–Crippen LogP) is 2.08. The fourth-order valence-corrected chi connectivity index (χ4v) is 1.50. The average Bonchev–Trinajstić information content (AvgIpc) is 2.26. The lowest BCUT2D eigenvalue weighted by molar-refractivity contribution is 0.0599. The second-order valence-electron chi connectivity index (χ2n) is 2.93. The number of rotatable bonds is 3. The van der Waals surface area contributed by atoms with E-state index in [1.165, 1.54) is 7.11 Å². The maximum atomic E-state index is 11.4. The molecule has 0 aliphatic heterocycles. The van der Waals surface area contributed by atoms with Gasteiger partial charge < -0.3 is 10.1 Å². The fourth-order valence-electron chi connectivity index (χ4n) is 1.50. The Morgan fingerprint density at radius 1 is 1.50 bits per heavy atom. The Labute approximate surface area is 84.1 Å². The summed E-state index contributed by atoms with van der Waals surface area (Å²) in [6.45, 7) is 2.02. The number of hydrogen-bond donors (Lipinski definition) is 1. The van der Waals surface area contributed by atoms with Crippen molar-refractivity contribution in [3.63, 3.8) is 0 Å². The van der Waals surface area contributed by atoms with Crippen LogP contribution in [0.15, 0.2) is 18.2 Å². The van der Waals surface area contributed by atoms with E-state index in [0.29, 0.717) is 5.56 Å². The Hall–Kier alpha value is -1.51. The maximum absolute atomic E-state index is 11.4. The molecule has 0 unspecified atom stereocenters. The Kier molecular flexibility index (Phi) is 3.51. The lowest BCUT2D eigenvalue weighted by atomic mass is 10.0. The molecule has 0 aliphatic rings. The topological polar surface area (TPSA) is 38.3 Å². The van der Waals surface area contributed by atoms with Gasteiger partial charge in [0.15, 0.2) is 0 Å². The first-order valence-corrected chi connectivity index (χ1v) is 4.62. The Morgan fingerprint density at radius 2 is 2.21 bits per heavy atom. The largest absolute Gasteiger partial charge is 0.465 e. The van der Waals surface area contributed by atoms with Crippen LogP contribution in [-0.4, -0.2) is 20.1 Å². The van der Waals surface area contributed by atoms with Gasteiger partial charge in [0.2, 0.25) is 0 Å². The molecule has 0 bridgehead atoms. The van der Waals surface area contributed by atoms with Crippen LogP contribution in [0.5, 0.6) is 0 Å². The van der Waals surface area contributed by atoms with Gasteiger partial charge in [0.1, 0.15) is 0 Å². The van der Waals surface area contributed by atoms with E-state index in [2.05, 4.69) is 5.32 Å². The van der Waals surface area contributed by atoms with E-state index in [9.17, 15) is 4.79 Å². The molecule has 0 amide bonds. The number of nitrogens with one attached hydrogen (secondary N) is 1. The van der Waals surface area contributed by atoms with Crippen molar-refractivity contribution in [2.75, 3.05) is 19.5 Å². The maximum Gasteiger partial charge on any atom is 0.338 e. The van der Waals surface area contributed by atoms with Gasteiger partial charge in [0.25, 0.3) is 0 Å². The first-order chi connectivity index (χ1) is 6.74. The zero-order valence-corrected chi connectivity index (χ0v) is 8.76. The number of carbonyl (C=O) groups is 1. The van der Waals surface area contributed by atoms with E-state index in [4.69, 9.17) is 4.74 Å². The first-order valence-electron chi connectivity index (χ1n) is 4.62. The standard InChI is InChI=1S/C11H15NO2/c1-4-8-9(11(13)14-3)6-5-7-10(8)12-2/h5-7,12H,4H2,1-3H3. The van der Waals surface area contributed by atoms with Gasteiger partial charge in [0.05, 0.1) is 12.7 Å². The molecule has 0 spiro atoms. The van der Waals surface area contributed by atoms with Crippen molar-refractivity contribution in [3.05, 3.63) is 29.3 Å². The normalized spacial score (nSPS) is 9.64. The summed E-state index contributed by atoms with van der Waals surface area (Å²) in [4.78, 5) is 11.4. The number of ether oxygens (including phenoxy) is 1. The molecule has 0 aliphatic carbocycles. The Morgan fingerprint density at radius 3 is 2.71 bits per heavy atom. The van der Waals surface area contributed by atoms with Crippen LogP contribution in [0.4, 0.5) is 5.69 Å². The Balaban J connectivity index is 3.21. The van der Waals surface area contributed by atoms with Crippen LogP contribution in [0.2, 0.25) is 0 Å². The van der Waals surface area contributed by atoms with Gasteiger partial charge in [-0.1, -0.05) is 13.0 Å². The number of benzene rings is 1. The molecule has 0 radical (unpaired) electrons. The summed E-state index contributed by atoms with van der Waals surface area (Å²) in [5.41, 5.74) is 2.62. The zero-order valence-electron chi connectivity index (χ0n) is 8.76. The van der Waals surface area contributed by atoms with Crippen molar-refractivity contribution in [2.45, 2.75) is 13.3 Å². The third-order valence-corrected chi connectivity index (χ3v) is 2.20. The van der Waals surface area contributed by atoms with E-state index in [-0.39, 0.29) is 5.97 Å². The number of methoxy groups -OCH3 is 1. The molecule has 1 aromatic rings. The molecule has 0 atom stereocenters. The molecular weight excluding hydrogens is 178 g/mol. The number of carbonyl (C=O) groups excluding carboxylic acids is 1. The molecule has 0 saturated heterocycles. The monoisotopic (exact) mass is 193 g/mol. The van der Waals surface area contributed by atoms with Gasteiger partial charge in [-0.05, 0) is 24.1 Å². The van der Waals surface area contributed by atoms with Crippen LogP contribution in [-0.2, 0) is 11.2 Å². The summed E-state index contributed by atoms with van der Waals surface area (Å²) < 4.78 is 4.71. The molecule has 1 N–H and O–H groups in total. The molecule has 1 rings (SSSR count). The van der Waals surface area contributed by atoms with Crippen LogP contribution in [0.1, 0.15) is 22.8 Å². The van der Waals surface area contributed by atoms with E-state index in [1.807, 2.05) is 26.1 Å². The molecule has 76 valence electrons. The van der Waals surface area contributed by atoms with Gasteiger partial charge in [-0.3, -0.25) is 0 Å². The fraction of sp³-hybridized carbons (Fsp3) is 0.364. The van der Waals surface area contributed by atoms with Gasteiger partial charge in [-0.15, -0.1) is 0 Å². The minimum atomic E-state index is -0.279. The van der Waals surface area contributed by atoms with Crippen molar-refractivity contribution in [3.8, 4) is 0 Å². The summed E-state index contributed by atoms with van der Waals surface area (Å²) >= 11 is 0. The number of hydrogen-bond acceptors (Lipinski definition) is 3. The number of anilines is 1. The van der Waals surface area contributed by atoms with Crippen LogP contribution >= 0.6 is 0 Å². The highest BCUT2D eigenvalue weighted by molar-refractivity contribution is 5.92. The van der Waals surface area contributed by atoms with Crippen molar-refractivity contribution in [2.24, 2.45) is 0 Å². The van der Waals surface area contributed by atoms with Crippen LogP contribution in [0.3, 0.4) is 0 Å². The van der Waals surface area contributed by atoms with Crippen molar-refractivity contribution in [1.82, 2.24) is 0 Å². The van der Waals surface area contributed by atoms with E-state index >= 15 is 0 Å². The van der Waals surface area contributed by atoms with E-state index in [1.54, 1.807) is 6.07 Å². The minimum absolute atomic E-state index is 0.279. The van der Waals surface area contributed by atoms with E-state index < -0.39 is 0 Å². The molecule has 0 saturated carbocycles. The Bertz CT molecular complexity index is 334. The summed E-state index contributed by atoms with van der Waals surface area (Å²) in [7, 11) is 3.24. The molecular formula is C11H15NO2. The molecule has 0 aromatic heterocycles. The van der Waals surface area contributed by atoms with Gasteiger partial charge >= 0.3 is 5.97 Å². The van der Waals surface area contributed by atoms with Crippen LogP contribution < -0.4 is 5.32 Å². The van der Waals surface area contributed by atoms with Crippen molar-refractivity contribution in [1.29, 1.82) is 0 Å². The summed E-state index contributed by atoms with van der Waals surface area (Å²) in [6.07, 6.45) is 0.807. The molecule has 14 heavy (non-hydrogen) atoms. The zero-order chi connectivity index (χ0) is 10.6. The van der Waals surface area contributed by atoms with Crippen molar-refractivity contribution >= 4 is 11.7 Å². The number of esters is 1. The highest BCUT2D eigenvalue weighted by atomic mass is 16.5. The second kappa shape index (κ2) is 4.65. The highest BCUT2D eigenvalue weighted by Gasteiger charge is 2.12. The second-order valence-corrected chi connectivity index (χ2v) is 2.93. The quantitative estimate of drug-likeness (QED) is 0.747. The molecule has 3 heteroatoms. The smallest absolute Gasteiger partial charge is 0.338 e. The van der Waals surface area contributed by atoms with Gasteiger partial charge in [0, 0.05) is 12.7 Å². The highest BCUT2D eigenvalue weighted by Crippen LogP contribution is 2.20. The van der Waals surface area contributed by atoms with Crippen molar-refractivity contribution < 1.29 is 9.53 Å². The third kappa shape index (κ3) is 1.87. The van der Waals surface area contributed by atoms with E-state index in [0.717, 1.165) is 17.7 Å². The SMILES string of the molecule is CCc1c(NC)cccc1C(=O)OC. The third-order valence-electron chi connectivity index (χ3n) is 2.20. The average molecular weight is 193 g/mol. The summed E-state index contributed by atoms with van der Waals surface area (Å²) in [6, 6.07) is 5.58. The predicted molar refractivity (Wildman–Crippen MR) is 56.7 cm³/mol. The van der Waals surface area contributed by atoms with Crippen LogP contribution in [0.25, 0.3) is 0 Å². The molecule has 3 nitrogen and oxygen atoms in total. The molecule has 0 heterocycles.